The van der Waals surface area contributed by atoms with E-state index in [9.17, 15) is 9.18 Å². The van der Waals surface area contributed by atoms with Gasteiger partial charge in [-0.15, -0.1) is 0 Å². The molecular weight excluding hydrogens is 393 g/mol. The number of hydrogen-bond donors (Lipinski definition) is 1. The third kappa shape index (κ3) is 5.14. The fourth-order valence-electron chi connectivity index (χ4n) is 4.06. The first-order valence-electron chi connectivity index (χ1n) is 11.4. The Morgan fingerprint density at radius 1 is 1.13 bits per heavy atom. The maximum absolute atomic E-state index is 13.4. The van der Waals surface area contributed by atoms with Crippen molar-refractivity contribution in [2.75, 3.05) is 31.1 Å². The van der Waals surface area contributed by atoms with Crippen LogP contribution in [0.4, 0.5) is 15.0 Å². The molecule has 1 saturated heterocycles. The first-order valence-corrected chi connectivity index (χ1v) is 11.4. The van der Waals surface area contributed by atoms with Crippen LogP contribution in [-0.2, 0) is 12.8 Å². The Labute approximate surface area is 183 Å². The lowest BCUT2D eigenvalue weighted by molar-refractivity contribution is 0.191. The monoisotopic (exact) mass is 425 g/mol. The molecule has 2 aromatic rings. The summed E-state index contributed by atoms with van der Waals surface area (Å²) in [4.78, 5) is 26.5. The Balaban J connectivity index is 1.60. The molecule has 1 aliphatic heterocycles. The number of aryl methyl sites for hydroxylation is 1. The molecule has 1 N–H and O–H groups in total. The predicted molar refractivity (Wildman–Crippen MR) is 120 cm³/mol. The summed E-state index contributed by atoms with van der Waals surface area (Å²) in [6.45, 7) is 8.89. The van der Waals surface area contributed by atoms with Gasteiger partial charge in [0.15, 0.2) is 0 Å². The van der Waals surface area contributed by atoms with E-state index >= 15 is 0 Å². The number of carbonyl (C=O) groups is 1. The van der Waals surface area contributed by atoms with Crippen LogP contribution in [0.5, 0.6) is 0 Å². The molecule has 1 aliphatic carbocycles. The summed E-state index contributed by atoms with van der Waals surface area (Å²) in [5.74, 6) is 2.19. The number of carbonyl (C=O) groups excluding carboxylic acids is 1. The number of nitrogens with zero attached hydrogens (tertiary/aromatic N) is 4. The first kappa shape index (κ1) is 21.5. The molecule has 0 unspecified atom stereocenters. The van der Waals surface area contributed by atoms with Crippen molar-refractivity contribution in [2.45, 2.75) is 58.4 Å². The molecule has 1 saturated carbocycles. The Morgan fingerprint density at radius 2 is 1.81 bits per heavy atom. The van der Waals surface area contributed by atoms with Crippen molar-refractivity contribution >= 4 is 11.8 Å². The van der Waals surface area contributed by atoms with E-state index < -0.39 is 0 Å². The predicted octanol–water partition coefficient (Wildman–Crippen LogP) is 3.89. The van der Waals surface area contributed by atoms with E-state index in [1.807, 2.05) is 30.9 Å². The summed E-state index contributed by atoms with van der Waals surface area (Å²) in [5.41, 5.74) is 3.25. The third-order valence-electron chi connectivity index (χ3n) is 5.94. The second-order valence-electron chi connectivity index (χ2n) is 8.84. The molecule has 7 heteroatoms. The van der Waals surface area contributed by atoms with Crippen LogP contribution < -0.4 is 10.2 Å². The van der Waals surface area contributed by atoms with Crippen molar-refractivity contribution < 1.29 is 9.18 Å². The maximum atomic E-state index is 13.4. The van der Waals surface area contributed by atoms with Gasteiger partial charge in [0.1, 0.15) is 17.5 Å². The molecule has 1 aromatic carbocycles. The number of nitrogens with one attached hydrogen (secondary N) is 1. The normalized spacial score (nSPS) is 16.7. The van der Waals surface area contributed by atoms with Gasteiger partial charge < -0.3 is 15.1 Å². The number of benzene rings is 1. The van der Waals surface area contributed by atoms with Gasteiger partial charge in [0.2, 0.25) is 0 Å². The van der Waals surface area contributed by atoms with Crippen LogP contribution in [0.1, 0.15) is 62.2 Å². The van der Waals surface area contributed by atoms with Gasteiger partial charge in [0, 0.05) is 55.8 Å². The highest BCUT2D eigenvalue weighted by molar-refractivity contribution is 5.74. The number of aromatic nitrogens is 2. The molecule has 6 nitrogen and oxygen atoms in total. The van der Waals surface area contributed by atoms with Gasteiger partial charge in [0.25, 0.3) is 0 Å². The van der Waals surface area contributed by atoms with E-state index in [1.165, 1.54) is 12.1 Å². The summed E-state index contributed by atoms with van der Waals surface area (Å²) in [6, 6.07) is 6.81. The SMILES string of the molecule is CCc1nc(C2CC2)nc(N2CCN(C(=O)NC(C)C)CC2)c1Cc1ccc(F)cc1. The van der Waals surface area contributed by atoms with E-state index in [0.29, 0.717) is 25.4 Å². The van der Waals surface area contributed by atoms with Crippen molar-refractivity contribution in [1.82, 2.24) is 20.2 Å². The highest BCUT2D eigenvalue weighted by Crippen LogP contribution is 2.40. The third-order valence-corrected chi connectivity index (χ3v) is 5.94. The summed E-state index contributed by atoms with van der Waals surface area (Å²) in [7, 11) is 0. The van der Waals surface area contributed by atoms with E-state index in [0.717, 1.165) is 60.8 Å². The minimum absolute atomic E-state index is 0.00297. The highest BCUT2D eigenvalue weighted by Gasteiger charge is 2.31. The van der Waals surface area contributed by atoms with Crippen molar-refractivity contribution in [3.8, 4) is 0 Å². The van der Waals surface area contributed by atoms with Gasteiger partial charge in [-0.2, -0.15) is 0 Å². The molecule has 2 aliphatic rings. The molecule has 2 amide bonds. The topological polar surface area (TPSA) is 61.4 Å². The van der Waals surface area contributed by atoms with Crippen LogP contribution in [0.3, 0.4) is 0 Å². The Bertz CT molecular complexity index is 918. The van der Waals surface area contributed by atoms with E-state index in [1.54, 1.807) is 0 Å². The molecule has 0 radical (unpaired) electrons. The smallest absolute Gasteiger partial charge is 0.317 e. The zero-order valence-electron chi connectivity index (χ0n) is 18.7. The van der Waals surface area contributed by atoms with Gasteiger partial charge in [-0.05, 0) is 50.8 Å². The van der Waals surface area contributed by atoms with E-state index in [2.05, 4.69) is 17.1 Å². The lowest BCUT2D eigenvalue weighted by atomic mass is 10.0. The molecule has 0 spiro atoms. The van der Waals surface area contributed by atoms with Crippen molar-refractivity contribution in [1.29, 1.82) is 0 Å². The van der Waals surface area contributed by atoms with E-state index in [-0.39, 0.29) is 17.9 Å². The highest BCUT2D eigenvalue weighted by atomic mass is 19.1. The standard InChI is InChI=1S/C24H32FN5O/c1-4-21-20(15-17-5-9-19(25)10-6-17)23(28-22(27-21)18-7-8-18)29-11-13-30(14-12-29)24(31)26-16(2)3/h5-6,9-10,16,18H,4,7-8,11-15H2,1-3H3,(H,26,31). The molecule has 1 aromatic heterocycles. The number of anilines is 1. The largest absolute Gasteiger partial charge is 0.353 e. The first-order chi connectivity index (χ1) is 14.9. The van der Waals surface area contributed by atoms with Crippen LogP contribution in [0.25, 0.3) is 0 Å². The van der Waals surface area contributed by atoms with Gasteiger partial charge in [0.05, 0.1) is 0 Å². The summed E-state index contributed by atoms with van der Waals surface area (Å²) >= 11 is 0. The lowest BCUT2D eigenvalue weighted by Crippen LogP contribution is -2.53. The van der Waals surface area contributed by atoms with Crippen molar-refractivity contribution in [3.63, 3.8) is 0 Å². The maximum Gasteiger partial charge on any atom is 0.317 e. The van der Waals surface area contributed by atoms with Gasteiger partial charge >= 0.3 is 6.03 Å². The number of amides is 2. The minimum atomic E-state index is -0.226. The van der Waals surface area contributed by atoms with Crippen LogP contribution >= 0.6 is 0 Å². The molecule has 4 rings (SSSR count). The second-order valence-corrected chi connectivity index (χ2v) is 8.84. The molecule has 2 heterocycles. The van der Waals surface area contributed by atoms with Crippen LogP contribution in [0.2, 0.25) is 0 Å². The minimum Gasteiger partial charge on any atom is -0.353 e. The summed E-state index contributed by atoms with van der Waals surface area (Å²) in [5, 5.41) is 2.98. The van der Waals surface area contributed by atoms with Gasteiger partial charge in [-0.3, -0.25) is 0 Å². The number of halogens is 1. The number of rotatable bonds is 6. The molecule has 166 valence electrons. The van der Waals surface area contributed by atoms with Gasteiger partial charge in [-0.25, -0.2) is 19.2 Å². The summed E-state index contributed by atoms with van der Waals surface area (Å²) in [6.07, 6.45) is 3.83. The molecule has 0 atom stereocenters. The molecule has 0 bridgehead atoms. The lowest BCUT2D eigenvalue weighted by Gasteiger charge is -2.37. The average molecular weight is 426 g/mol. The zero-order chi connectivity index (χ0) is 22.0. The average Bonchev–Trinajstić information content (AvgIpc) is 3.60. The van der Waals surface area contributed by atoms with Crippen molar-refractivity contribution in [3.05, 3.63) is 52.7 Å². The number of urea groups is 1. The van der Waals surface area contributed by atoms with Crippen LogP contribution in [0, 0.1) is 5.82 Å². The number of piperazine rings is 1. The fraction of sp³-hybridized carbons (Fsp3) is 0.542. The Hall–Kier alpha value is -2.70. The molecule has 31 heavy (non-hydrogen) atoms. The van der Waals surface area contributed by atoms with E-state index in [4.69, 9.17) is 9.97 Å². The van der Waals surface area contributed by atoms with Crippen LogP contribution in [0.15, 0.2) is 24.3 Å². The number of hydrogen-bond acceptors (Lipinski definition) is 4. The second kappa shape index (κ2) is 9.20. The molecule has 2 fully saturated rings. The molecular formula is C24H32FN5O. The van der Waals surface area contributed by atoms with Crippen LogP contribution in [-0.4, -0.2) is 53.1 Å². The zero-order valence-corrected chi connectivity index (χ0v) is 18.7. The summed E-state index contributed by atoms with van der Waals surface area (Å²) < 4.78 is 13.4. The fourth-order valence-corrected chi connectivity index (χ4v) is 4.06. The Morgan fingerprint density at radius 3 is 2.39 bits per heavy atom. The Kier molecular flexibility index (Phi) is 6.39. The van der Waals surface area contributed by atoms with Gasteiger partial charge in [-0.1, -0.05) is 19.1 Å². The quantitative estimate of drug-likeness (QED) is 0.763. The van der Waals surface area contributed by atoms with Crippen molar-refractivity contribution in [2.24, 2.45) is 0 Å².